The molecule has 0 amide bonds. The molecule has 10 heteroatoms. The van der Waals surface area contributed by atoms with Gasteiger partial charge in [0.25, 0.3) is 5.56 Å². The van der Waals surface area contributed by atoms with Gasteiger partial charge in [0.15, 0.2) is 11.3 Å². The summed E-state index contributed by atoms with van der Waals surface area (Å²) < 4.78 is 32.4. The predicted octanol–water partition coefficient (Wildman–Crippen LogP) is 4.86. The molecule has 210 valence electrons. The highest BCUT2D eigenvalue weighted by Crippen LogP contribution is 2.38. The van der Waals surface area contributed by atoms with Gasteiger partial charge in [-0.15, -0.1) is 0 Å². The molecular weight excluding hydrogens is 547 g/mol. The fourth-order valence-corrected chi connectivity index (χ4v) is 5.81. The number of hydrogen-bond acceptors (Lipinski definition) is 8. The molecule has 3 aromatic carbocycles. The molecule has 41 heavy (non-hydrogen) atoms. The van der Waals surface area contributed by atoms with Crippen LogP contribution < -0.4 is 15.9 Å². The maximum absolute atomic E-state index is 14.0. The molecule has 2 aromatic heterocycles. The molecule has 1 N–H and O–H groups in total. The number of halogens is 1. The van der Waals surface area contributed by atoms with E-state index in [0.717, 1.165) is 37.0 Å². The van der Waals surface area contributed by atoms with Crippen LogP contribution in [0.2, 0.25) is 0 Å². The van der Waals surface area contributed by atoms with E-state index >= 15 is 0 Å². The Hall–Kier alpha value is -4.12. The number of nitrogens with zero attached hydrogens (tertiary/aromatic N) is 2. The van der Waals surface area contributed by atoms with Gasteiger partial charge in [-0.25, -0.2) is 9.18 Å². The van der Waals surface area contributed by atoms with E-state index in [9.17, 15) is 19.1 Å². The second kappa shape index (κ2) is 11.8. The average molecular weight is 575 g/mol. The zero-order valence-corrected chi connectivity index (χ0v) is 22.9. The van der Waals surface area contributed by atoms with Crippen LogP contribution in [-0.2, 0) is 11.3 Å². The van der Waals surface area contributed by atoms with E-state index in [0.29, 0.717) is 41.4 Å². The normalized spacial score (nSPS) is 14.1. The Bertz CT molecular complexity index is 1830. The Labute approximate surface area is 238 Å². The Morgan fingerprint density at radius 1 is 0.976 bits per heavy atom. The number of aromatic nitrogens is 1. The van der Waals surface area contributed by atoms with Gasteiger partial charge in [0, 0.05) is 36.0 Å². The quantitative estimate of drug-likeness (QED) is 0.263. The molecule has 1 saturated heterocycles. The first-order valence-electron chi connectivity index (χ1n) is 13.2. The Balaban J connectivity index is 1.45. The maximum Gasteiger partial charge on any atom is 0.354 e. The summed E-state index contributed by atoms with van der Waals surface area (Å²) >= 11 is 0.841. The number of morpholine rings is 1. The van der Waals surface area contributed by atoms with Crippen LogP contribution in [0.5, 0.6) is 11.5 Å². The molecule has 1 aliphatic heterocycles. The van der Waals surface area contributed by atoms with Crippen molar-refractivity contribution in [3.63, 3.8) is 0 Å². The Morgan fingerprint density at radius 3 is 2.56 bits per heavy atom. The predicted molar refractivity (Wildman–Crippen MR) is 155 cm³/mol. The van der Waals surface area contributed by atoms with Gasteiger partial charge in [0.2, 0.25) is 0 Å². The fraction of sp³-hybridized carbons (Fsp3) is 0.226. The monoisotopic (exact) mass is 574 g/mol. The number of aromatic hydroxyl groups is 1. The van der Waals surface area contributed by atoms with Gasteiger partial charge < -0.3 is 23.6 Å². The standard InChI is InChI=1S/C31H27FN2O6S/c32-21-7-4-8-23(17-21)41-29-27(35)26-28(40-31(29)37)24-10-9-22(39-16-13-33-11-14-38-15-12-33)18-25(24)34(30(26)36)19-20-5-2-1-3-6-20/h1-10,17-18,35H,11-16,19H2. The van der Waals surface area contributed by atoms with E-state index in [4.69, 9.17) is 13.9 Å². The summed E-state index contributed by atoms with van der Waals surface area (Å²) in [7, 11) is 0. The molecular formula is C31H27FN2O6S. The average Bonchev–Trinajstić information content (AvgIpc) is 2.98. The molecule has 0 spiro atoms. The van der Waals surface area contributed by atoms with Gasteiger partial charge in [0.1, 0.15) is 28.5 Å². The highest BCUT2D eigenvalue weighted by atomic mass is 32.2. The summed E-state index contributed by atoms with van der Waals surface area (Å²) in [5, 5.41) is 11.6. The lowest BCUT2D eigenvalue weighted by Crippen LogP contribution is -2.38. The molecule has 0 unspecified atom stereocenters. The molecule has 3 heterocycles. The molecule has 0 saturated carbocycles. The van der Waals surface area contributed by atoms with Crippen LogP contribution in [-0.4, -0.2) is 54.0 Å². The molecule has 8 nitrogen and oxygen atoms in total. The van der Waals surface area contributed by atoms with Crippen molar-refractivity contribution in [2.75, 3.05) is 39.5 Å². The molecule has 0 radical (unpaired) electrons. The summed E-state index contributed by atoms with van der Waals surface area (Å²) in [6.07, 6.45) is 0. The topological polar surface area (TPSA) is 94.1 Å². The van der Waals surface area contributed by atoms with Crippen molar-refractivity contribution >= 4 is 33.6 Å². The minimum absolute atomic E-state index is 0.0136. The molecule has 0 aliphatic carbocycles. The van der Waals surface area contributed by atoms with Crippen LogP contribution in [0.15, 0.2) is 96.6 Å². The third kappa shape index (κ3) is 5.72. The third-order valence-electron chi connectivity index (χ3n) is 7.00. The lowest BCUT2D eigenvalue weighted by atomic mass is 10.1. The molecule has 1 fully saturated rings. The van der Waals surface area contributed by atoms with Crippen LogP contribution in [0.25, 0.3) is 21.9 Å². The summed E-state index contributed by atoms with van der Waals surface area (Å²) in [6.45, 7) is 4.53. The highest BCUT2D eigenvalue weighted by Gasteiger charge is 2.23. The zero-order chi connectivity index (χ0) is 28.3. The summed E-state index contributed by atoms with van der Waals surface area (Å²) in [5.74, 6) is -0.417. The molecule has 5 aromatic rings. The molecule has 0 atom stereocenters. The van der Waals surface area contributed by atoms with Crippen molar-refractivity contribution in [2.24, 2.45) is 0 Å². The van der Waals surface area contributed by atoms with Crippen molar-refractivity contribution in [3.05, 3.63) is 105 Å². The van der Waals surface area contributed by atoms with Gasteiger partial charge in [-0.1, -0.05) is 48.2 Å². The lowest BCUT2D eigenvalue weighted by molar-refractivity contribution is 0.0322. The number of benzene rings is 3. The van der Waals surface area contributed by atoms with Crippen molar-refractivity contribution in [1.29, 1.82) is 0 Å². The number of ether oxygens (including phenoxy) is 2. The van der Waals surface area contributed by atoms with Crippen molar-refractivity contribution in [1.82, 2.24) is 9.47 Å². The van der Waals surface area contributed by atoms with E-state index in [2.05, 4.69) is 4.90 Å². The summed E-state index contributed by atoms with van der Waals surface area (Å²) in [6, 6.07) is 20.3. The first kappa shape index (κ1) is 27.1. The third-order valence-corrected chi connectivity index (χ3v) is 8.06. The number of fused-ring (bicyclic) bond motifs is 3. The van der Waals surface area contributed by atoms with Gasteiger partial charge in [-0.3, -0.25) is 9.69 Å². The largest absolute Gasteiger partial charge is 0.505 e. The highest BCUT2D eigenvalue weighted by molar-refractivity contribution is 7.99. The van der Waals surface area contributed by atoms with E-state index in [1.54, 1.807) is 24.3 Å². The minimum atomic E-state index is -0.823. The van der Waals surface area contributed by atoms with Crippen LogP contribution in [0.3, 0.4) is 0 Å². The van der Waals surface area contributed by atoms with Crippen molar-refractivity contribution in [2.45, 2.75) is 16.3 Å². The summed E-state index contributed by atoms with van der Waals surface area (Å²) in [5.41, 5.74) is 0.0180. The molecule has 1 aliphatic rings. The minimum Gasteiger partial charge on any atom is -0.505 e. The first-order chi connectivity index (χ1) is 20.0. The van der Waals surface area contributed by atoms with E-state index < -0.39 is 22.8 Å². The van der Waals surface area contributed by atoms with E-state index in [1.165, 1.54) is 22.8 Å². The van der Waals surface area contributed by atoms with Crippen molar-refractivity contribution in [3.8, 4) is 11.5 Å². The van der Waals surface area contributed by atoms with Crippen LogP contribution in [0.1, 0.15) is 5.56 Å². The SMILES string of the molecule is O=c1oc2c(c(O)c1Sc1cccc(F)c1)c(=O)n(Cc1ccccc1)c1cc(OCCN3CCOCC3)ccc21. The van der Waals surface area contributed by atoms with Gasteiger partial charge in [-0.05, 0) is 35.9 Å². The number of hydrogen-bond donors (Lipinski definition) is 1. The second-order valence-corrected chi connectivity index (χ2v) is 10.8. The maximum atomic E-state index is 14.0. The lowest BCUT2D eigenvalue weighted by Gasteiger charge is -2.26. The first-order valence-corrected chi connectivity index (χ1v) is 14.1. The van der Waals surface area contributed by atoms with Gasteiger partial charge >= 0.3 is 5.63 Å². The summed E-state index contributed by atoms with van der Waals surface area (Å²) in [4.78, 5) is 29.5. The second-order valence-electron chi connectivity index (χ2n) is 9.69. The Morgan fingerprint density at radius 2 is 1.78 bits per heavy atom. The van der Waals surface area contributed by atoms with Gasteiger partial charge in [0.05, 0.1) is 25.3 Å². The van der Waals surface area contributed by atoms with Crippen LogP contribution in [0.4, 0.5) is 4.39 Å². The van der Waals surface area contributed by atoms with E-state index in [-0.39, 0.29) is 22.4 Å². The van der Waals surface area contributed by atoms with E-state index in [1.807, 2.05) is 30.3 Å². The number of rotatable bonds is 8. The molecule has 0 bridgehead atoms. The van der Waals surface area contributed by atoms with Crippen LogP contribution >= 0.6 is 11.8 Å². The Kier molecular flexibility index (Phi) is 7.78. The van der Waals surface area contributed by atoms with Crippen molar-refractivity contribution < 1.29 is 23.4 Å². The fourth-order valence-electron chi connectivity index (χ4n) is 4.94. The molecule has 6 rings (SSSR count). The van der Waals surface area contributed by atoms with Crippen LogP contribution in [0, 0.1) is 5.82 Å². The van der Waals surface area contributed by atoms with Gasteiger partial charge in [-0.2, -0.15) is 0 Å². The zero-order valence-electron chi connectivity index (χ0n) is 22.0. The number of pyridine rings is 1. The smallest absolute Gasteiger partial charge is 0.354 e.